The Hall–Kier alpha value is -1.82. The van der Waals surface area contributed by atoms with E-state index in [0.29, 0.717) is 11.7 Å². The van der Waals surface area contributed by atoms with E-state index in [0.717, 1.165) is 10.0 Å². The third-order valence-electron chi connectivity index (χ3n) is 3.32. The monoisotopic (exact) mass is 383 g/mol. The van der Waals surface area contributed by atoms with Crippen LogP contribution in [-0.2, 0) is 14.3 Å². The van der Waals surface area contributed by atoms with Crippen molar-refractivity contribution in [2.24, 2.45) is 5.92 Å². The Morgan fingerprint density at radius 2 is 2.00 bits per heavy atom. The summed E-state index contributed by atoms with van der Waals surface area (Å²) in [6, 6.07) is 5.48. The van der Waals surface area contributed by atoms with Gasteiger partial charge >= 0.3 is 5.97 Å². The largest absolute Gasteiger partial charge is 0.496 e. The lowest BCUT2D eigenvalue weighted by molar-refractivity contribution is -0.144. The molecule has 0 unspecified atom stereocenters. The molecule has 1 rings (SSSR count). The summed E-state index contributed by atoms with van der Waals surface area (Å²) in [5.41, 5.74) is 0.733. The first-order valence-corrected chi connectivity index (χ1v) is 8.10. The third-order valence-corrected chi connectivity index (χ3v) is 3.82. The summed E-state index contributed by atoms with van der Waals surface area (Å²) in [6.45, 7) is 5.62. The van der Waals surface area contributed by atoms with Crippen LogP contribution in [0.2, 0.25) is 0 Å². The zero-order chi connectivity index (χ0) is 17.4. The van der Waals surface area contributed by atoms with Crippen LogP contribution in [0.1, 0.15) is 26.3 Å². The van der Waals surface area contributed by atoms with Crippen molar-refractivity contribution in [3.05, 3.63) is 34.3 Å². The molecular weight excluding hydrogens is 362 g/mol. The topological polar surface area (TPSA) is 64.6 Å². The van der Waals surface area contributed by atoms with Gasteiger partial charge in [0.05, 0.1) is 7.11 Å². The number of rotatable bonds is 7. The smallest absolute Gasteiger partial charge is 0.331 e. The molecule has 6 heteroatoms. The Balaban J connectivity index is 2.54. The summed E-state index contributed by atoms with van der Waals surface area (Å²) in [5, 5.41) is 2.77. The van der Waals surface area contributed by atoms with Crippen LogP contribution in [0.4, 0.5) is 0 Å². The molecule has 1 aromatic rings. The van der Waals surface area contributed by atoms with Gasteiger partial charge in [-0.3, -0.25) is 4.79 Å². The van der Waals surface area contributed by atoms with Crippen molar-refractivity contribution in [2.45, 2.75) is 26.8 Å². The van der Waals surface area contributed by atoms with Crippen LogP contribution in [0.3, 0.4) is 0 Å². The molecule has 1 N–H and O–H groups in total. The molecule has 0 aliphatic heterocycles. The minimum absolute atomic E-state index is 0.0303. The lowest BCUT2D eigenvalue weighted by Crippen LogP contribution is -2.38. The Kier molecular flexibility index (Phi) is 7.81. The molecular formula is C17H22BrNO4. The first-order valence-electron chi connectivity index (χ1n) is 7.31. The Morgan fingerprint density at radius 3 is 2.61 bits per heavy atom. The average Bonchev–Trinajstić information content (AvgIpc) is 2.50. The minimum atomic E-state index is -0.584. The van der Waals surface area contributed by atoms with Crippen LogP contribution in [-0.4, -0.2) is 31.6 Å². The number of amides is 1. The van der Waals surface area contributed by atoms with E-state index >= 15 is 0 Å². The second-order valence-electron chi connectivity index (χ2n) is 5.43. The van der Waals surface area contributed by atoms with Gasteiger partial charge in [-0.15, -0.1) is 0 Å². The number of carbonyl (C=O) groups is 2. The van der Waals surface area contributed by atoms with Gasteiger partial charge < -0.3 is 14.8 Å². The molecule has 0 spiro atoms. The summed E-state index contributed by atoms with van der Waals surface area (Å²) in [7, 11) is 1.55. The van der Waals surface area contributed by atoms with E-state index in [1.807, 2.05) is 32.9 Å². The van der Waals surface area contributed by atoms with Gasteiger partial charge in [-0.25, -0.2) is 4.79 Å². The molecule has 0 aliphatic rings. The van der Waals surface area contributed by atoms with Crippen molar-refractivity contribution in [1.82, 2.24) is 5.32 Å². The highest BCUT2D eigenvalue weighted by Gasteiger charge is 2.12. The number of methoxy groups -OCH3 is 1. The molecule has 23 heavy (non-hydrogen) atoms. The highest BCUT2D eigenvalue weighted by Crippen LogP contribution is 2.24. The normalized spacial score (nSPS) is 12.3. The molecule has 0 bridgehead atoms. The second kappa shape index (κ2) is 9.35. The van der Waals surface area contributed by atoms with Gasteiger partial charge in [0, 0.05) is 22.2 Å². The van der Waals surface area contributed by atoms with Gasteiger partial charge in [0.1, 0.15) is 5.75 Å². The summed E-state index contributed by atoms with van der Waals surface area (Å²) < 4.78 is 11.0. The Labute approximate surface area is 145 Å². The van der Waals surface area contributed by atoms with Gasteiger partial charge in [-0.05, 0) is 37.1 Å². The zero-order valence-corrected chi connectivity index (χ0v) is 15.3. The number of hydrogen-bond donors (Lipinski definition) is 1. The molecule has 0 saturated heterocycles. The fourth-order valence-electron chi connectivity index (χ4n) is 1.64. The molecule has 1 atom stereocenters. The summed E-state index contributed by atoms with van der Waals surface area (Å²) in [4.78, 5) is 23.3. The quantitative estimate of drug-likeness (QED) is 0.579. The fourth-order valence-corrected chi connectivity index (χ4v) is 2.02. The number of benzene rings is 1. The summed E-state index contributed by atoms with van der Waals surface area (Å²) in [6.07, 6.45) is 2.85. The van der Waals surface area contributed by atoms with E-state index in [1.165, 1.54) is 6.08 Å². The molecule has 0 heterocycles. The highest BCUT2D eigenvalue weighted by atomic mass is 79.9. The van der Waals surface area contributed by atoms with Crippen LogP contribution in [0, 0.1) is 5.92 Å². The SMILES string of the molecule is COc1ccc(Br)cc1/C=C/C(=O)OCC(=O)N[C@@H](C)C(C)C. The van der Waals surface area contributed by atoms with E-state index in [4.69, 9.17) is 9.47 Å². The van der Waals surface area contributed by atoms with E-state index in [1.54, 1.807) is 19.3 Å². The molecule has 0 aliphatic carbocycles. The van der Waals surface area contributed by atoms with Crippen molar-refractivity contribution < 1.29 is 19.1 Å². The van der Waals surface area contributed by atoms with Gasteiger partial charge in [-0.1, -0.05) is 29.8 Å². The van der Waals surface area contributed by atoms with Gasteiger partial charge in [0.15, 0.2) is 6.61 Å². The predicted octanol–water partition coefficient (Wildman–Crippen LogP) is 3.17. The number of hydrogen-bond acceptors (Lipinski definition) is 4. The fraction of sp³-hybridized carbons (Fsp3) is 0.412. The predicted molar refractivity (Wildman–Crippen MR) is 93.1 cm³/mol. The first kappa shape index (κ1) is 19.2. The molecule has 0 saturated carbocycles. The van der Waals surface area contributed by atoms with Crippen LogP contribution in [0.5, 0.6) is 5.75 Å². The van der Waals surface area contributed by atoms with E-state index in [9.17, 15) is 9.59 Å². The lowest BCUT2D eigenvalue weighted by atomic mass is 10.1. The van der Waals surface area contributed by atoms with Crippen LogP contribution in [0.15, 0.2) is 28.7 Å². The maximum atomic E-state index is 11.7. The number of carbonyl (C=O) groups excluding carboxylic acids is 2. The van der Waals surface area contributed by atoms with E-state index in [-0.39, 0.29) is 18.6 Å². The Morgan fingerprint density at radius 1 is 1.30 bits per heavy atom. The molecule has 126 valence electrons. The van der Waals surface area contributed by atoms with Crippen LogP contribution < -0.4 is 10.1 Å². The number of halogens is 1. The highest BCUT2D eigenvalue weighted by molar-refractivity contribution is 9.10. The van der Waals surface area contributed by atoms with Gasteiger partial charge in [0.2, 0.25) is 0 Å². The molecule has 0 radical (unpaired) electrons. The summed E-state index contributed by atoms with van der Waals surface area (Å²) >= 11 is 3.36. The number of esters is 1. The van der Waals surface area contributed by atoms with Crippen molar-refractivity contribution in [2.75, 3.05) is 13.7 Å². The summed E-state index contributed by atoms with van der Waals surface area (Å²) in [5.74, 6) is 0.0617. The number of ether oxygens (including phenoxy) is 2. The van der Waals surface area contributed by atoms with Crippen molar-refractivity contribution in [3.63, 3.8) is 0 Å². The van der Waals surface area contributed by atoms with E-state index < -0.39 is 5.97 Å². The lowest BCUT2D eigenvalue weighted by Gasteiger charge is -2.17. The standard InChI is InChI=1S/C17H22BrNO4/c1-11(2)12(3)19-16(20)10-23-17(21)8-5-13-9-14(18)6-7-15(13)22-4/h5-9,11-12H,10H2,1-4H3,(H,19,20)/b8-5+/t12-/m0/s1. The minimum Gasteiger partial charge on any atom is -0.496 e. The first-order chi connectivity index (χ1) is 10.8. The Bertz CT molecular complexity index is 584. The van der Waals surface area contributed by atoms with Gasteiger partial charge in [0.25, 0.3) is 5.91 Å². The third kappa shape index (κ3) is 6.86. The number of nitrogens with one attached hydrogen (secondary N) is 1. The maximum Gasteiger partial charge on any atom is 0.331 e. The molecule has 5 nitrogen and oxygen atoms in total. The zero-order valence-electron chi connectivity index (χ0n) is 13.8. The molecule has 0 fully saturated rings. The van der Waals surface area contributed by atoms with Crippen molar-refractivity contribution in [1.29, 1.82) is 0 Å². The van der Waals surface area contributed by atoms with Gasteiger partial charge in [-0.2, -0.15) is 0 Å². The van der Waals surface area contributed by atoms with Crippen molar-refractivity contribution in [3.8, 4) is 5.75 Å². The molecule has 1 aromatic carbocycles. The average molecular weight is 384 g/mol. The maximum absolute atomic E-state index is 11.7. The van der Waals surface area contributed by atoms with Crippen LogP contribution in [0.25, 0.3) is 6.08 Å². The molecule has 0 aromatic heterocycles. The van der Waals surface area contributed by atoms with E-state index in [2.05, 4.69) is 21.2 Å². The van der Waals surface area contributed by atoms with Crippen LogP contribution >= 0.6 is 15.9 Å². The van der Waals surface area contributed by atoms with Crippen molar-refractivity contribution >= 4 is 33.9 Å². The molecule has 1 amide bonds. The second-order valence-corrected chi connectivity index (χ2v) is 6.34.